The molecular weight excluding hydrogens is 244 g/mol. The van der Waals surface area contributed by atoms with Crippen molar-refractivity contribution >= 4 is 5.95 Å². The second kappa shape index (κ2) is 7.76. The fourth-order valence-electron chi connectivity index (χ4n) is 1.71. The molecule has 1 aromatic heterocycles. The molecule has 6 heteroatoms. The van der Waals surface area contributed by atoms with Gasteiger partial charge in [0.1, 0.15) is 0 Å². The molecule has 0 aromatic carbocycles. The molecule has 1 N–H and O–H groups in total. The molecule has 6 nitrogen and oxygen atoms in total. The molecule has 0 saturated heterocycles. The highest BCUT2D eigenvalue weighted by molar-refractivity contribution is 5.28. The van der Waals surface area contributed by atoms with Crippen molar-refractivity contribution in [2.75, 3.05) is 19.5 Å². The molecule has 0 aliphatic carbocycles. The van der Waals surface area contributed by atoms with Crippen molar-refractivity contribution in [3.05, 3.63) is 0 Å². The summed E-state index contributed by atoms with van der Waals surface area (Å²) in [6.45, 7) is 6.59. The molecule has 0 amide bonds. The molecule has 0 fully saturated rings. The van der Waals surface area contributed by atoms with E-state index in [4.69, 9.17) is 9.47 Å². The summed E-state index contributed by atoms with van der Waals surface area (Å²) in [5.41, 5.74) is 0. The molecule has 108 valence electrons. The first-order valence-corrected chi connectivity index (χ1v) is 6.65. The van der Waals surface area contributed by atoms with Gasteiger partial charge in [-0.1, -0.05) is 26.7 Å². The van der Waals surface area contributed by atoms with Crippen LogP contribution in [-0.4, -0.2) is 35.2 Å². The van der Waals surface area contributed by atoms with Gasteiger partial charge in [0, 0.05) is 6.04 Å². The number of ether oxygens (including phenoxy) is 2. The van der Waals surface area contributed by atoms with Crippen molar-refractivity contribution in [1.82, 2.24) is 15.0 Å². The number of hydrogen-bond acceptors (Lipinski definition) is 6. The smallest absolute Gasteiger partial charge is 0.324 e. The maximum atomic E-state index is 5.01. The molecule has 19 heavy (non-hydrogen) atoms. The summed E-state index contributed by atoms with van der Waals surface area (Å²) < 4.78 is 10.0. The molecule has 0 radical (unpaired) electrons. The van der Waals surface area contributed by atoms with Crippen LogP contribution in [0.25, 0.3) is 0 Å². The van der Waals surface area contributed by atoms with Crippen LogP contribution < -0.4 is 14.8 Å². The lowest BCUT2D eigenvalue weighted by Crippen LogP contribution is -2.18. The zero-order valence-corrected chi connectivity index (χ0v) is 12.4. The first kappa shape index (κ1) is 15.5. The molecule has 1 heterocycles. The molecular formula is C13H24N4O2. The van der Waals surface area contributed by atoms with E-state index in [0.717, 1.165) is 12.3 Å². The van der Waals surface area contributed by atoms with Gasteiger partial charge in [-0.05, 0) is 19.3 Å². The third kappa shape index (κ3) is 5.72. The quantitative estimate of drug-likeness (QED) is 0.781. The first-order valence-electron chi connectivity index (χ1n) is 6.65. The maximum absolute atomic E-state index is 5.01. The third-order valence-corrected chi connectivity index (χ3v) is 2.75. The predicted molar refractivity (Wildman–Crippen MR) is 74.7 cm³/mol. The Morgan fingerprint density at radius 2 is 1.53 bits per heavy atom. The highest BCUT2D eigenvalue weighted by Crippen LogP contribution is 2.15. The summed E-state index contributed by atoms with van der Waals surface area (Å²) in [5, 5.41) is 3.24. The van der Waals surface area contributed by atoms with Gasteiger partial charge in [0.15, 0.2) is 0 Å². The van der Waals surface area contributed by atoms with Crippen molar-refractivity contribution in [1.29, 1.82) is 0 Å². The van der Waals surface area contributed by atoms with Crippen LogP contribution in [0.15, 0.2) is 0 Å². The molecule has 1 rings (SSSR count). The second-order valence-corrected chi connectivity index (χ2v) is 5.00. The lowest BCUT2D eigenvalue weighted by atomic mass is 10.0. The van der Waals surface area contributed by atoms with Crippen molar-refractivity contribution in [2.45, 2.75) is 46.1 Å². The highest BCUT2D eigenvalue weighted by Gasteiger charge is 2.09. The van der Waals surface area contributed by atoms with Crippen LogP contribution in [0.3, 0.4) is 0 Å². The van der Waals surface area contributed by atoms with E-state index in [1.165, 1.54) is 27.1 Å². The number of anilines is 1. The Balaban J connectivity index is 2.55. The second-order valence-electron chi connectivity index (χ2n) is 5.00. The molecule has 1 aromatic rings. The molecule has 0 bridgehead atoms. The minimum Gasteiger partial charge on any atom is -0.467 e. The molecule has 0 aliphatic rings. The van der Waals surface area contributed by atoms with E-state index in [0.29, 0.717) is 12.0 Å². The van der Waals surface area contributed by atoms with Crippen molar-refractivity contribution in [3.63, 3.8) is 0 Å². The van der Waals surface area contributed by atoms with Gasteiger partial charge in [-0.15, -0.1) is 4.98 Å². The summed E-state index contributed by atoms with van der Waals surface area (Å²) in [6.07, 6.45) is 3.50. The normalized spacial score (nSPS) is 12.3. The van der Waals surface area contributed by atoms with Crippen LogP contribution in [0, 0.1) is 5.92 Å². The SMILES string of the molecule is COc1nc(NC(C)CCCC(C)C)nc(OC)n1. The van der Waals surface area contributed by atoms with Gasteiger partial charge in [0.05, 0.1) is 14.2 Å². The molecule has 1 unspecified atom stereocenters. The lowest BCUT2D eigenvalue weighted by molar-refractivity contribution is 0.341. The number of rotatable bonds is 8. The van der Waals surface area contributed by atoms with E-state index in [1.807, 2.05) is 0 Å². The monoisotopic (exact) mass is 268 g/mol. The van der Waals surface area contributed by atoms with E-state index in [2.05, 4.69) is 41.0 Å². The number of hydrogen-bond donors (Lipinski definition) is 1. The van der Waals surface area contributed by atoms with Crippen LogP contribution in [0.4, 0.5) is 5.95 Å². The Labute approximate surface area is 115 Å². The van der Waals surface area contributed by atoms with Gasteiger partial charge in [-0.2, -0.15) is 9.97 Å². The summed E-state index contributed by atoms with van der Waals surface area (Å²) in [6, 6.07) is 0.808. The first-order chi connectivity index (χ1) is 9.05. The Kier molecular flexibility index (Phi) is 6.32. The zero-order chi connectivity index (χ0) is 14.3. The van der Waals surface area contributed by atoms with Gasteiger partial charge in [0.25, 0.3) is 0 Å². The van der Waals surface area contributed by atoms with Gasteiger partial charge in [0.2, 0.25) is 5.95 Å². The van der Waals surface area contributed by atoms with Gasteiger partial charge in [-0.3, -0.25) is 0 Å². The van der Waals surface area contributed by atoms with E-state index in [-0.39, 0.29) is 12.0 Å². The Bertz CT molecular complexity index is 363. The van der Waals surface area contributed by atoms with Crippen molar-refractivity contribution in [2.24, 2.45) is 5.92 Å². The topological polar surface area (TPSA) is 69.2 Å². The number of aromatic nitrogens is 3. The highest BCUT2D eigenvalue weighted by atomic mass is 16.5. The fourth-order valence-corrected chi connectivity index (χ4v) is 1.71. The lowest BCUT2D eigenvalue weighted by Gasteiger charge is -2.14. The summed E-state index contributed by atoms with van der Waals surface area (Å²) in [7, 11) is 3.04. The van der Waals surface area contributed by atoms with Crippen molar-refractivity contribution < 1.29 is 9.47 Å². The van der Waals surface area contributed by atoms with E-state index < -0.39 is 0 Å². The van der Waals surface area contributed by atoms with Gasteiger partial charge >= 0.3 is 12.0 Å². The Hall–Kier alpha value is -1.59. The summed E-state index contributed by atoms with van der Waals surface area (Å²) in [4.78, 5) is 12.3. The molecule has 0 aliphatic heterocycles. The molecule has 0 spiro atoms. The minimum absolute atomic E-state index is 0.253. The van der Waals surface area contributed by atoms with Gasteiger partial charge < -0.3 is 14.8 Å². The van der Waals surface area contributed by atoms with Crippen LogP contribution >= 0.6 is 0 Å². The summed E-state index contributed by atoms with van der Waals surface area (Å²) in [5.74, 6) is 1.23. The number of nitrogens with zero attached hydrogens (tertiary/aromatic N) is 3. The van der Waals surface area contributed by atoms with Crippen LogP contribution in [-0.2, 0) is 0 Å². The standard InChI is InChI=1S/C13H24N4O2/c1-9(2)7-6-8-10(3)14-11-15-12(18-4)17-13(16-11)19-5/h9-10H,6-8H2,1-5H3,(H,14,15,16,17). The van der Waals surface area contributed by atoms with Crippen LogP contribution in [0.2, 0.25) is 0 Å². The minimum atomic E-state index is 0.253. The molecule has 1 atom stereocenters. The summed E-state index contributed by atoms with van der Waals surface area (Å²) >= 11 is 0. The predicted octanol–water partition coefficient (Wildman–Crippen LogP) is 2.52. The van der Waals surface area contributed by atoms with E-state index in [9.17, 15) is 0 Å². The largest absolute Gasteiger partial charge is 0.467 e. The Morgan fingerprint density at radius 3 is 2.00 bits per heavy atom. The maximum Gasteiger partial charge on any atom is 0.324 e. The number of methoxy groups -OCH3 is 2. The van der Waals surface area contributed by atoms with Gasteiger partial charge in [-0.25, -0.2) is 0 Å². The van der Waals surface area contributed by atoms with E-state index >= 15 is 0 Å². The van der Waals surface area contributed by atoms with Crippen LogP contribution in [0.1, 0.15) is 40.0 Å². The molecule has 0 saturated carbocycles. The zero-order valence-electron chi connectivity index (χ0n) is 12.4. The fraction of sp³-hybridized carbons (Fsp3) is 0.769. The van der Waals surface area contributed by atoms with Crippen LogP contribution in [0.5, 0.6) is 12.0 Å². The number of nitrogens with one attached hydrogen (secondary N) is 1. The average Bonchev–Trinajstić information content (AvgIpc) is 2.37. The van der Waals surface area contributed by atoms with E-state index in [1.54, 1.807) is 0 Å². The Morgan fingerprint density at radius 1 is 0.947 bits per heavy atom. The third-order valence-electron chi connectivity index (χ3n) is 2.75. The van der Waals surface area contributed by atoms with Crippen molar-refractivity contribution in [3.8, 4) is 12.0 Å². The average molecular weight is 268 g/mol.